The van der Waals surface area contributed by atoms with E-state index in [1.807, 2.05) is 39.8 Å². The minimum atomic E-state index is -0.369. The summed E-state index contributed by atoms with van der Waals surface area (Å²) >= 11 is 0. The van der Waals surface area contributed by atoms with E-state index in [-0.39, 0.29) is 24.4 Å². The van der Waals surface area contributed by atoms with Crippen LogP contribution in [0.3, 0.4) is 0 Å². The van der Waals surface area contributed by atoms with Gasteiger partial charge in [-0.25, -0.2) is 4.98 Å². The zero-order chi connectivity index (χ0) is 15.3. The zero-order valence-corrected chi connectivity index (χ0v) is 13.4. The lowest BCUT2D eigenvalue weighted by molar-refractivity contribution is 0.00578. The number of nitrogens with zero attached hydrogens (tertiary/aromatic N) is 2. The fourth-order valence-corrected chi connectivity index (χ4v) is 2.47. The van der Waals surface area contributed by atoms with Gasteiger partial charge in [-0.3, -0.25) is 4.90 Å². The van der Waals surface area contributed by atoms with E-state index in [1.54, 1.807) is 6.20 Å². The molecule has 0 amide bonds. The topological polar surface area (TPSA) is 43.8 Å². The van der Waals surface area contributed by atoms with Gasteiger partial charge in [-0.2, -0.15) is 0 Å². The number of hydrogen-bond acceptors (Lipinski definition) is 5. The van der Waals surface area contributed by atoms with Crippen molar-refractivity contribution < 1.29 is 14.0 Å². The van der Waals surface area contributed by atoms with E-state index in [2.05, 4.69) is 16.9 Å². The van der Waals surface area contributed by atoms with Gasteiger partial charge in [-0.15, -0.1) is 0 Å². The minimum absolute atomic E-state index is 0.255. The van der Waals surface area contributed by atoms with E-state index >= 15 is 0 Å². The highest BCUT2D eigenvalue weighted by molar-refractivity contribution is 6.62. The van der Waals surface area contributed by atoms with E-state index in [4.69, 9.17) is 14.0 Å². The third-order valence-corrected chi connectivity index (χ3v) is 4.60. The second kappa shape index (κ2) is 4.97. The highest BCUT2D eigenvalue weighted by Crippen LogP contribution is 2.36. The summed E-state index contributed by atoms with van der Waals surface area (Å²) in [5.74, 6) is 0.661. The number of likely N-dealkylation sites (N-methyl/N-ethyl adjacent to an activating group) is 1. The molecule has 2 fully saturated rings. The fraction of sp³-hybridized carbons (Fsp3) is 0.667. The largest absolute Gasteiger partial charge is 0.496 e. The molecule has 6 heteroatoms. The van der Waals surface area contributed by atoms with Gasteiger partial charge in [-0.1, -0.05) is 6.07 Å². The van der Waals surface area contributed by atoms with Gasteiger partial charge >= 0.3 is 7.12 Å². The van der Waals surface area contributed by atoms with Gasteiger partial charge in [0, 0.05) is 24.7 Å². The van der Waals surface area contributed by atoms with Crippen LogP contribution in [-0.2, 0) is 9.31 Å². The molecule has 5 nitrogen and oxygen atoms in total. The Morgan fingerprint density at radius 1 is 1.19 bits per heavy atom. The molecule has 2 saturated heterocycles. The van der Waals surface area contributed by atoms with Crippen molar-refractivity contribution in [3.63, 3.8) is 0 Å². The van der Waals surface area contributed by atoms with Crippen LogP contribution < -0.4 is 10.2 Å². The molecule has 114 valence electrons. The summed E-state index contributed by atoms with van der Waals surface area (Å²) in [6.45, 7) is 10.1. The lowest BCUT2D eigenvalue weighted by Gasteiger charge is -2.35. The van der Waals surface area contributed by atoms with Crippen molar-refractivity contribution in [2.75, 3.05) is 20.1 Å². The summed E-state index contributed by atoms with van der Waals surface area (Å²) in [5, 5.41) is 0. The van der Waals surface area contributed by atoms with Crippen LogP contribution in [-0.4, -0.2) is 54.4 Å². The average molecular weight is 290 g/mol. The van der Waals surface area contributed by atoms with Crippen LogP contribution in [0.1, 0.15) is 27.7 Å². The molecule has 0 aromatic carbocycles. The Morgan fingerprint density at radius 3 is 2.29 bits per heavy atom. The van der Waals surface area contributed by atoms with E-state index in [1.165, 1.54) is 0 Å². The predicted molar refractivity (Wildman–Crippen MR) is 81.9 cm³/mol. The summed E-state index contributed by atoms with van der Waals surface area (Å²) in [6.07, 6.45) is 2.03. The van der Waals surface area contributed by atoms with Crippen LogP contribution in [0.2, 0.25) is 0 Å². The molecule has 0 atom stereocenters. The predicted octanol–water partition coefficient (Wildman–Crippen LogP) is 1.07. The first kappa shape index (κ1) is 14.8. The number of aromatic nitrogens is 1. The maximum atomic E-state index is 6.01. The molecular formula is C15H23BN2O3. The van der Waals surface area contributed by atoms with Crippen molar-refractivity contribution in [1.82, 2.24) is 9.88 Å². The number of pyridine rings is 1. The second-order valence-corrected chi connectivity index (χ2v) is 6.98. The highest BCUT2D eigenvalue weighted by Gasteiger charge is 2.51. The lowest BCUT2D eigenvalue weighted by Crippen LogP contribution is -2.51. The smallest absolute Gasteiger partial charge is 0.472 e. The lowest BCUT2D eigenvalue weighted by atomic mass is 9.80. The van der Waals surface area contributed by atoms with Gasteiger partial charge < -0.3 is 14.0 Å². The average Bonchev–Trinajstić information content (AvgIpc) is 2.57. The van der Waals surface area contributed by atoms with Crippen molar-refractivity contribution in [3.05, 3.63) is 18.3 Å². The highest BCUT2D eigenvalue weighted by atomic mass is 16.7. The van der Waals surface area contributed by atoms with Crippen molar-refractivity contribution in [2.45, 2.75) is 45.0 Å². The first-order valence-electron chi connectivity index (χ1n) is 7.44. The third-order valence-electron chi connectivity index (χ3n) is 4.60. The normalized spacial score (nSPS) is 24.9. The Bertz CT molecular complexity index is 496. The number of rotatable bonds is 3. The molecule has 21 heavy (non-hydrogen) atoms. The van der Waals surface area contributed by atoms with Crippen molar-refractivity contribution in [2.24, 2.45) is 0 Å². The number of likely N-dealkylation sites (tertiary alicyclic amines) is 1. The summed E-state index contributed by atoms with van der Waals surface area (Å²) in [6, 6.07) is 3.85. The maximum Gasteiger partial charge on any atom is 0.496 e. The van der Waals surface area contributed by atoms with Crippen LogP contribution in [0, 0.1) is 0 Å². The fourth-order valence-electron chi connectivity index (χ4n) is 2.47. The SMILES string of the molecule is CN1CC(Oc2ccc(B3OC(C)(C)C(C)(C)O3)cn2)C1. The summed E-state index contributed by atoms with van der Waals surface area (Å²) < 4.78 is 17.8. The summed E-state index contributed by atoms with van der Waals surface area (Å²) in [5.41, 5.74) is 0.263. The first-order valence-corrected chi connectivity index (χ1v) is 7.44. The van der Waals surface area contributed by atoms with E-state index in [9.17, 15) is 0 Å². The molecule has 0 radical (unpaired) electrons. The van der Waals surface area contributed by atoms with E-state index in [0.717, 1.165) is 18.6 Å². The Hall–Kier alpha value is -1.11. The molecule has 0 N–H and O–H groups in total. The molecule has 2 aliphatic rings. The molecule has 0 unspecified atom stereocenters. The molecule has 0 spiro atoms. The molecule has 3 heterocycles. The minimum Gasteiger partial charge on any atom is -0.472 e. The zero-order valence-electron chi connectivity index (χ0n) is 13.4. The third kappa shape index (κ3) is 2.80. The van der Waals surface area contributed by atoms with Crippen LogP contribution in [0.15, 0.2) is 18.3 Å². The van der Waals surface area contributed by atoms with Crippen LogP contribution in [0.25, 0.3) is 0 Å². The molecule has 2 aliphatic heterocycles. The van der Waals surface area contributed by atoms with Crippen LogP contribution >= 0.6 is 0 Å². The van der Waals surface area contributed by atoms with Gasteiger partial charge in [0.1, 0.15) is 6.10 Å². The molecular weight excluding hydrogens is 267 g/mol. The Morgan fingerprint density at radius 2 is 1.81 bits per heavy atom. The van der Waals surface area contributed by atoms with E-state index < -0.39 is 0 Å². The molecule has 0 aliphatic carbocycles. The van der Waals surface area contributed by atoms with Crippen LogP contribution in [0.4, 0.5) is 0 Å². The Kier molecular flexibility index (Phi) is 3.51. The van der Waals surface area contributed by atoms with E-state index in [0.29, 0.717) is 5.88 Å². The van der Waals surface area contributed by atoms with Crippen molar-refractivity contribution >= 4 is 12.6 Å². The number of ether oxygens (including phenoxy) is 1. The molecule has 3 rings (SSSR count). The second-order valence-electron chi connectivity index (χ2n) is 6.98. The Labute approximate surface area is 126 Å². The standard InChI is InChI=1S/C15H23BN2O3/c1-14(2)15(3,4)21-16(20-14)11-6-7-13(17-8-11)19-12-9-18(5)10-12/h6-8,12H,9-10H2,1-5H3. The summed E-state index contributed by atoms with van der Waals surface area (Å²) in [7, 11) is 1.71. The van der Waals surface area contributed by atoms with Gasteiger partial charge in [0.05, 0.1) is 11.2 Å². The maximum absolute atomic E-state index is 6.01. The monoisotopic (exact) mass is 290 g/mol. The number of hydrogen-bond donors (Lipinski definition) is 0. The van der Waals surface area contributed by atoms with Gasteiger partial charge in [0.15, 0.2) is 0 Å². The first-order chi connectivity index (χ1) is 9.77. The van der Waals surface area contributed by atoms with Crippen LogP contribution in [0.5, 0.6) is 5.88 Å². The van der Waals surface area contributed by atoms with Gasteiger partial charge in [0.25, 0.3) is 0 Å². The molecule has 0 bridgehead atoms. The quantitative estimate of drug-likeness (QED) is 0.779. The van der Waals surface area contributed by atoms with Crippen molar-refractivity contribution in [1.29, 1.82) is 0 Å². The molecule has 0 saturated carbocycles. The molecule has 1 aromatic rings. The van der Waals surface area contributed by atoms with Gasteiger partial charge in [0.2, 0.25) is 5.88 Å². The Balaban J connectivity index is 1.65. The van der Waals surface area contributed by atoms with Gasteiger partial charge in [-0.05, 0) is 40.8 Å². The van der Waals surface area contributed by atoms with Crippen molar-refractivity contribution in [3.8, 4) is 5.88 Å². The molecule has 1 aromatic heterocycles. The summed E-state index contributed by atoms with van der Waals surface area (Å²) in [4.78, 5) is 6.58.